The summed E-state index contributed by atoms with van der Waals surface area (Å²) in [7, 11) is 0. The number of rotatable bonds is 1. The third-order valence-electron chi connectivity index (χ3n) is 1.22. The lowest BCUT2D eigenvalue weighted by Gasteiger charge is -1.98. The summed E-state index contributed by atoms with van der Waals surface area (Å²) in [4.78, 5) is 3.66. The van der Waals surface area contributed by atoms with Crippen LogP contribution < -0.4 is 11.5 Å². The summed E-state index contributed by atoms with van der Waals surface area (Å²) in [5, 5.41) is 17.9. The molecule has 1 aromatic rings. The normalized spacial score (nSPS) is 9.33. The van der Waals surface area contributed by atoms with Crippen molar-refractivity contribution in [2.24, 2.45) is 16.5 Å². The average molecular weight is 167 g/mol. The fourth-order valence-corrected chi connectivity index (χ4v) is 0.730. The molecule has 1 aromatic carbocycles. The van der Waals surface area contributed by atoms with E-state index in [1.54, 1.807) is 0 Å². The Labute approximate surface area is 69.0 Å². The first-order chi connectivity index (χ1) is 5.59. The van der Waals surface area contributed by atoms with E-state index in [4.69, 9.17) is 21.7 Å². The number of phenolic OH excluding ortho intramolecular Hbond substituents is 2. The van der Waals surface area contributed by atoms with Crippen LogP contribution >= 0.6 is 0 Å². The van der Waals surface area contributed by atoms with Gasteiger partial charge in [-0.25, -0.2) is 4.99 Å². The minimum atomic E-state index is -0.252. The van der Waals surface area contributed by atoms with E-state index < -0.39 is 0 Å². The molecule has 5 nitrogen and oxygen atoms in total. The van der Waals surface area contributed by atoms with Crippen molar-refractivity contribution in [2.45, 2.75) is 0 Å². The Kier molecular flexibility index (Phi) is 2.05. The highest BCUT2D eigenvalue weighted by Gasteiger charge is 1.98. The Balaban J connectivity index is 3.05. The largest absolute Gasteiger partial charge is 0.504 e. The second-order valence-corrected chi connectivity index (χ2v) is 2.21. The predicted molar refractivity (Wildman–Crippen MR) is 45.2 cm³/mol. The van der Waals surface area contributed by atoms with Gasteiger partial charge >= 0.3 is 0 Å². The molecule has 1 rings (SSSR count). The maximum atomic E-state index is 9.01. The minimum absolute atomic E-state index is 0.0971. The zero-order chi connectivity index (χ0) is 9.14. The molecule has 0 saturated carbocycles. The van der Waals surface area contributed by atoms with Crippen molar-refractivity contribution in [3.8, 4) is 11.5 Å². The standard InChI is InChI=1S/C7H9N3O2/c8-7(9)10-4-1-2-5(11)6(12)3-4/h1-3,11-12H,(H4,8,9,10). The number of nitrogens with two attached hydrogens (primary N) is 2. The van der Waals surface area contributed by atoms with Crippen LogP contribution in [0.15, 0.2) is 23.2 Å². The molecular formula is C7H9N3O2. The second-order valence-electron chi connectivity index (χ2n) is 2.21. The van der Waals surface area contributed by atoms with Gasteiger partial charge in [0.1, 0.15) is 0 Å². The predicted octanol–water partition coefficient (Wildman–Crippen LogP) is 0.00270. The van der Waals surface area contributed by atoms with Gasteiger partial charge in [0.05, 0.1) is 5.69 Å². The van der Waals surface area contributed by atoms with Gasteiger partial charge in [-0.3, -0.25) is 0 Å². The van der Waals surface area contributed by atoms with Crippen LogP contribution in [0.2, 0.25) is 0 Å². The molecule has 0 bridgehead atoms. The monoisotopic (exact) mass is 167 g/mol. The summed E-state index contributed by atoms with van der Waals surface area (Å²) < 4.78 is 0. The molecule has 0 atom stereocenters. The maximum Gasteiger partial charge on any atom is 0.191 e. The second kappa shape index (κ2) is 3.00. The minimum Gasteiger partial charge on any atom is -0.504 e. The molecule has 0 saturated heterocycles. The number of nitrogens with zero attached hydrogens (tertiary/aromatic N) is 1. The SMILES string of the molecule is NC(N)=Nc1ccc(O)c(O)c1. The number of phenols is 2. The van der Waals surface area contributed by atoms with Crippen molar-refractivity contribution in [1.82, 2.24) is 0 Å². The van der Waals surface area contributed by atoms with E-state index in [1.165, 1.54) is 18.2 Å². The number of benzene rings is 1. The zero-order valence-electron chi connectivity index (χ0n) is 6.23. The van der Waals surface area contributed by atoms with Crippen LogP contribution in [-0.2, 0) is 0 Å². The molecular weight excluding hydrogens is 158 g/mol. The van der Waals surface area contributed by atoms with Crippen molar-refractivity contribution >= 4 is 11.6 Å². The molecule has 6 N–H and O–H groups in total. The lowest BCUT2D eigenvalue weighted by molar-refractivity contribution is 0.404. The first-order valence-electron chi connectivity index (χ1n) is 3.21. The van der Waals surface area contributed by atoms with Crippen LogP contribution in [0.4, 0.5) is 5.69 Å². The van der Waals surface area contributed by atoms with E-state index in [1.807, 2.05) is 0 Å². The van der Waals surface area contributed by atoms with Crippen LogP contribution in [0.3, 0.4) is 0 Å². The van der Waals surface area contributed by atoms with Gasteiger partial charge in [-0.15, -0.1) is 0 Å². The van der Waals surface area contributed by atoms with Crippen LogP contribution in [0, 0.1) is 0 Å². The number of guanidine groups is 1. The van der Waals surface area contributed by atoms with E-state index in [2.05, 4.69) is 4.99 Å². The van der Waals surface area contributed by atoms with Crippen LogP contribution in [0.25, 0.3) is 0 Å². The Morgan fingerprint density at radius 1 is 1.17 bits per heavy atom. The van der Waals surface area contributed by atoms with E-state index in [-0.39, 0.29) is 17.5 Å². The van der Waals surface area contributed by atoms with Gasteiger partial charge in [0.25, 0.3) is 0 Å². The average Bonchev–Trinajstić information content (AvgIpc) is 1.96. The fraction of sp³-hybridized carbons (Fsp3) is 0. The summed E-state index contributed by atoms with van der Waals surface area (Å²) >= 11 is 0. The first kappa shape index (κ1) is 8.19. The highest BCUT2D eigenvalue weighted by Crippen LogP contribution is 2.28. The first-order valence-corrected chi connectivity index (χ1v) is 3.21. The van der Waals surface area contributed by atoms with Gasteiger partial charge in [-0.2, -0.15) is 0 Å². The van der Waals surface area contributed by atoms with Crippen LogP contribution in [0.1, 0.15) is 0 Å². The van der Waals surface area contributed by atoms with Gasteiger partial charge in [-0.05, 0) is 12.1 Å². The Morgan fingerprint density at radius 2 is 1.83 bits per heavy atom. The van der Waals surface area contributed by atoms with Crippen LogP contribution in [-0.4, -0.2) is 16.2 Å². The quantitative estimate of drug-likeness (QED) is 0.268. The smallest absolute Gasteiger partial charge is 0.191 e. The Morgan fingerprint density at radius 3 is 2.33 bits per heavy atom. The topological polar surface area (TPSA) is 105 Å². The van der Waals surface area contributed by atoms with Crippen molar-refractivity contribution < 1.29 is 10.2 Å². The molecule has 0 aliphatic rings. The molecule has 0 aliphatic carbocycles. The van der Waals surface area contributed by atoms with Crippen molar-refractivity contribution in [3.63, 3.8) is 0 Å². The van der Waals surface area contributed by atoms with Crippen molar-refractivity contribution in [3.05, 3.63) is 18.2 Å². The van der Waals surface area contributed by atoms with Gasteiger partial charge in [-0.1, -0.05) is 0 Å². The summed E-state index contributed by atoms with van der Waals surface area (Å²) in [5.41, 5.74) is 10.6. The number of aromatic hydroxyl groups is 2. The zero-order valence-corrected chi connectivity index (χ0v) is 6.23. The summed E-state index contributed by atoms with van der Waals surface area (Å²) in [6, 6.07) is 4.04. The summed E-state index contributed by atoms with van der Waals surface area (Å²) in [5.74, 6) is -0.554. The summed E-state index contributed by atoms with van der Waals surface area (Å²) in [6.07, 6.45) is 0. The molecule has 0 fully saturated rings. The summed E-state index contributed by atoms with van der Waals surface area (Å²) in [6.45, 7) is 0. The van der Waals surface area contributed by atoms with Gasteiger partial charge < -0.3 is 21.7 Å². The third kappa shape index (κ3) is 1.79. The lowest BCUT2D eigenvalue weighted by atomic mass is 10.3. The molecule has 0 aromatic heterocycles. The number of aliphatic imine (C=N–C) groups is 1. The van der Waals surface area contributed by atoms with E-state index >= 15 is 0 Å². The van der Waals surface area contributed by atoms with Gasteiger partial charge in [0, 0.05) is 6.07 Å². The third-order valence-corrected chi connectivity index (χ3v) is 1.22. The van der Waals surface area contributed by atoms with Crippen molar-refractivity contribution in [1.29, 1.82) is 0 Å². The fourth-order valence-electron chi connectivity index (χ4n) is 0.730. The molecule has 64 valence electrons. The highest BCUT2D eigenvalue weighted by molar-refractivity contribution is 5.79. The van der Waals surface area contributed by atoms with E-state index in [9.17, 15) is 0 Å². The Hall–Kier alpha value is -1.91. The van der Waals surface area contributed by atoms with Gasteiger partial charge in [0.2, 0.25) is 0 Å². The lowest BCUT2D eigenvalue weighted by Crippen LogP contribution is -2.21. The van der Waals surface area contributed by atoms with E-state index in [0.717, 1.165) is 0 Å². The molecule has 0 heterocycles. The Bertz CT molecular complexity index is 318. The highest BCUT2D eigenvalue weighted by atomic mass is 16.3. The molecule has 0 radical (unpaired) electrons. The molecule has 0 aliphatic heterocycles. The van der Waals surface area contributed by atoms with Gasteiger partial charge in [0.15, 0.2) is 17.5 Å². The van der Waals surface area contributed by atoms with Crippen LogP contribution in [0.5, 0.6) is 11.5 Å². The number of hydrogen-bond acceptors (Lipinski definition) is 3. The molecule has 0 unspecified atom stereocenters. The maximum absolute atomic E-state index is 9.01. The molecule has 0 amide bonds. The van der Waals surface area contributed by atoms with Crippen molar-refractivity contribution in [2.75, 3.05) is 0 Å². The molecule has 0 spiro atoms. The molecule has 12 heavy (non-hydrogen) atoms. The van der Waals surface area contributed by atoms with E-state index in [0.29, 0.717) is 5.69 Å². The molecule has 5 heteroatoms. The number of hydrogen-bond donors (Lipinski definition) is 4.